The van der Waals surface area contributed by atoms with Crippen LogP contribution in [-0.2, 0) is 4.79 Å². The molecule has 0 radical (unpaired) electrons. The van der Waals surface area contributed by atoms with E-state index in [2.05, 4.69) is 15.9 Å². The van der Waals surface area contributed by atoms with Crippen LogP contribution in [0, 0.1) is 0 Å². The fraction of sp³-hybridized carbons (Fsp3) is 0.500. The average molecular weight is 328 g/mol. The molecule has 1 aliphatic rings. The van der Waals surface area contributed by atoms with Gasteiger partial charge in [0, 0.05) is 24.4 Å². The van der Waals surface area contributed by atoms with Gasteiger partial charge in [-0.25, -0.2) is 0 Å². The maximum atomic E-state index is 12.0. The summed E-state index contributed by atoms with van der Waals surface area (Å²) in [4.78, 5) is 14.0. The van der Waals surface area contributed by atoms with Crippen molar-refractivity contribution in [3.05, 3.63) is 29.8 Å². The Kier molecular flexibility index (Phi) is 4.82. The number of alkyl halides is 1. The van der Waals surface area contributed by atoms with Gasteiger partial charge in [-0.05, 0) is 24.1 Å². The number of carbonyl (C=O) groups is 1. The Balaban J connectivity index is 2.21. The van der Waals surface area contributed by atoms with Gasteiger partial charge < -0.3 is 14.7 Å². The Morgan fingerprint density at radius 1 is 1.47 bits per heavy atom. The van der Waals surface area contributed by atoms with Crippen LogP contribution in [0.3, 0.4) is 0 Å². The summed E-state index contributed by atoms with van der Waals surface area (Å²) in [5.74, 6) is 0.925. The van der Waals surface area contributed by atoms with Crippen LogP contribution in [-0.4, -0.2) is 41.0 Å². The monoisotopic (exact) mass is 327 g/mol. The number of amides is 1. The minimum atomic E-state index is -0.0639. The Labute approximate surface area is 121 Å². The highest BCUT2D eigenvalue weighted by Crippen LogP contribution is 2.31. The fourth-order valence-electron chi connectivity index (χ4n) is 2.44. The maximum absolute atomic E-state index is 12.0. The van der Waals surface area contributed by atoms with E-state index in [9.17, 15) is 9.90 Å². The minimum Gasteiger partial charge on any atom is -0.497 e. The van der Waals surface area contributed by atoms with Crippen molar-refractivity contribution in [2.75, 3.05) is 20.3 Å². The summed E-state index contributed by atoms with van der Waals surface area (Å²) < 4.78 is 5.14. The molecule has 19 heavy (non-hydrogen) atoms. The quantitative estimate of drug-likeness (QED) is 0.843. The second-order valence-electron chi connectivity index (χ2n) is 4.65. The van der Waals surface area contributed by atoms with E-state index in [4.69, 9.17) is 4.74 Å². The smallest absolute Gasteiger partial charge is 0.224 e. The summed E-state index contributed by atoms with van der Waals surface area (Å²) in [6, 6.07) is 7.60. The molecule has 2 rings (SSSR count). The highest BCUT2D eigenvalue weighted by atomic mass is 79.9. The minimum absolute atomic E-state index is 0.0629. The molecule has 2 atom stereocenters. The zero-order valence-corrected chi connectivity index (χ0v) is 12.5. The Bertz CT molecular complexity index is 435. The van der Waals surface area contributed by atoms with Crippen molar-refractivity contribution < 1.29 is 14.6 Å². The number of hydrogen-bond acceptors (Lipinski definition) is 3. The largest absolute Gasteiger partial charge is 0.497 e. The molecule has 1 aromatic rings. The number of methoxy groups -OCH3 is 1. The van der Waals surface area contributed by atoms with Gasteiger partial charge >= 0.3 is 0 Å². The van der Waals surface area contributed by atoms with Gasteiger partial charge in [-0.3, -0.25) is 4.79 Å². The lowest BCUT2D eigenvalue weighted by atomic mass is 10.0. The first-order chi connectivity index (χ1) is 9.15. The predicted molar refractivity (Wildman–Crippen MR) is 76.5 cm³/mol. The van der Waals surface area contributed by atoms with Gasteiger partial charge in [0.25, 0.3) is 0 Å². The molecule has 104 valence electrons. The number of rotatable bonds is 5. The van der Waals surface area contributed by atoms with Crippen molar-refractivity contribution in [1.29, 1.82) is 0 Å². The van der Waals surface area contributed by atoms with Gasteiger partial charge in [0.15, 0.2) is 0 Å². The third-order valence-electron chi connectivity index (χ3n) is 3.39. The molecule has 2 unspecified atom stereocenters. The van der Waals surface area contributed by atoms with Gasteiger partial charge in [0.05, 0.1) is 13.2 Å². The van der Waals surface area contributed by atoms with Gasteiger partial charge in [0.1, 0.15) is 5.75 Å². The van der Waals surface area contributed by atoms with Crippen LogP contribution < -0.4 is 4.74 Å². The van der Waals surface area contributed by atoms with E-state index >= 15 is 0 Å². The molecule has 4 nitrogen and oxygen atoms in total. The summed E-state index contributed by atoms with van der Waals surface area (Å²) in [5.41, 5.74) is 1.03. The standard InChI is InChI=1S/C14H18BrNO3/c1-19-12-4-2-10(3-5-12)13(6-7-17)16-9-11(15)8-14(16)18/h2-5,11,13,17H,6-9H2,1H3. The number of halogens is 1. The highest BCUT2D eigenvalue weighted by molar-refractivity contribution is 9.09. The van der Waals surface area contributed by atoms with Gasteiger partial charge in [-0.15, -0.1) is 0 Å². The van der Waals surface area contributed by atoms with Crippen LogP contribution in [0.5, 0.6) is 5.75 Å². The summed E-state index contributed by atoms with van der Waals surface area (Å²) >= 11 is 3.49. The lowest BCUT2D eigenvalue weighted by Crippen LogP contribution is -2.31. The number of aliphatic hydroxyl groups excluding tert-OH is 1. The second-order valence-corrected chi connectivity index (χ2v) is 5.94. The summed E-state index contributed by atoms with van der Waals surface area (Å²) in [6.07, 6.45) is 1.08. The molecular formula is C14H18BrNO3. The molecule has 1 saturated heterocycles. The molecule has 0 spiro atoms. The van der Waals surface area contributed by atoms with Gasteiger partial charge in [0.2, 0.25) is 5.91 Å². The van der Waals surface area contributed by atoms with E-state index in [0.717, 1.165) is 11.3 Å². The molecule has 0 aromatic heterocycles. The maximum Gasteiger partial charge on any atom is 0.224 e. The zero-order chi connectivity index (χ0) is 13.8. The topological polar surface area (TPSA) is 49.8 Å². The summed E-state index contributed by atoms with van der Waals surface area (Å²) in [5, 5.41) is 9.24. The molecule has 1 N–H and O–H groups in total. The van der Waals surface area contributed by atoms with Crippen LogP contribution in [0.25, 0.3) is 0 Å². The third kappa shape index (κ3) is 3.28. The molecule has 0 bridgehead atoms. The van der Waals surface area contributed by atoms with E-state index in [1.165, 1.54) is 0 Å². The molecule has 1 fully saturated rings. The van der Waals surface area contributed by atoms with Crippen LogP contribution in [0.15, 0.2) is 24.3 Å². The number of benzene rings is 1. The normalized spacial score (nSPS) is 20.7. The molecule has 5 heteroatoms. The lowest BCUT2D eigenvalue weighted by Gasteiger charge is -2.28. The first-order valence-electron chi connectivity index (χ1n) is 6.34. The number of aliphatic hydroxyl groups is 1. The molecule has 1 amide bonds. The zero-order valence-electron chi connectivity index (χ0n) is 10.9. The van der Waals surface area contributed by atoms with Crippen molar-refractivity contribution >= 4 is 21.8 Å². The predicted octanol–water partition coefficient (Wildman–Crippen LogP) is 2.11. The fourth-order valence-corrected chi connectivity index (χ4v) is 3.03. The Morgan fingerprint density at radius 3 is 2.63 bits per heavy atom. The van der Waals surface area contributed by atoms with Crippen molar-refractivity contribution in [3.8, 4) is 5.75 Å². The second kappa shape index (κ2) is 6.39. The van der Waals surface area contributed by atoms with Gasteiger partial charge in [-0.2, -0.15) is 0 Å². The first-order valence-corrected chi connectivity index (χ1v) is 7.25. The number of carbonyl (C=O) groups excluding carboxylic acids is 1. The van der Waals surface area contributed by atoms with Crippen molar-refractivity contribution in [2.24, 2.45) is 0 Å². The van der Waals surface area contributed by atoms with Crippen LogP contribution in [0.2, 0.25) is 0 Å². The third-order valence-corrected chi connectivity index (χ3v) is 4.00. The summed E-state index contributed by atoms with van der Waals surface area (Å²) in [7, 11) is 1.62. The Hall–Kier alpha value is -1.07. The van der Waals surface area contributed by atoms with Crippen LogP contribution in [0.4, 0.5) is 0 Å². The number of likely N-dealkylation sites (tertiary alicyclic amines) is 1. The average Bonchev–Trinajstić information content (AvgIpc) is 2.75. The molecule has 0 saturated carbocycles. The molecule has 1 aliphatic heterocycles. The van der Waals surface area contributed by atoms with E-state index in [1.807, 2.05) is 29.2 Å². The lowest BCUT2D eigenvalue weighted by molar-refractivity contribution is -0.130. The highest BCUT2D eigenvalue weighted by Gasteiger charge is 2.33. The molecular weight excluding hydrogens is 310 g/mol. The van der Waals surface area contributed by atoms with Gasteiger partial charge in [-0.1, -0.05) is 28.1 Å². The van der Waals surface area contributed by atoms with E-state index in [-0.39, 0.29) is 23.4 Å². The van der Waals surface area contributed by atoms with E-state index in [0.29, 0.717) is 19.4 Å². The van der Waals surface area contributed by atoms with Crippen LogP contribution >= 0.6 is 15.9 Å². The number of nitrogens with zero attached hydrogens (tertiary/aromatic N) is 1. The molecule has 1 aromatic carbocycles. The van der Waals surface area contributed by atoms with Crippen molar-refractivity contribution in [3.63, 3.8) is 0 Å². The van der Waals surface area contributed by atoms with Crippen molar-refractivity contribution in [1.82, 2.24) is 4.90 Å². The van der Waals surface area contributed by atoms with Crippen molar-refractivity contribution in [2.45, 2.75) is 23.7 Å². The first kappa shape index (κ1) is 14.3. The van der Waals surface area contributed by atoms with E-state index in [1.54, 1.807) is 7.11 Å². The SMILES string of the molecule is COc1ccc(C(CCO)N2CC(Br)CC2=O)cc1. The molecule has 1 heterocycles. The number of hydrogen-bond donors (Lipinski definition) is 1. The number of ether oxygens (including phenoxy) is 1. The van der Waals surface area contributed by atoms with E-state index < -0.39 is 0 Å². The summed E-state index contributed by atoms with van der Waals surface area (Å²) in [6.45, 7) is 0.753. The molecule has 0 aliphatic carbocycles. The van der Waals surface area contributed by atoms with Crippen LogP contribution in [0.1, 0.15) is 24.4 Å². The Morgan fingerprint density at radius 2 is 2.16 bits per heavy atom.